The van der Waals surface area contributed by atoms with Gasteiger partial charge in [0.1, 0.15) is 12.4 Å². The number of aryl methyl sites for hydroxylation is 1. The fraction of sp³-hybridized carbons (Fsp3) is 0.571. The number of anilines is 1. The van der Waals surface area contributed by atoms with E-state index in [1.807, 2.05) is 19.1 Å². The average Bonchev–Trinajstić information content (AvgIpc) is 2.40. The molecule has 1 fully saturated rings. The van der Waals surface area contributed by atoms with Gasteiger partial charge < -0.3 is 15.0 Å². The van der Waals surface area contributed by atoms with Gasteiger partial charge in [-0.15, -0.1) is 0 Å². The lowest BCUT2D eigenvalue weighted by Gasteiger charge is -2.31. The van der Waals surface area contributed by atoms with Gasteiger partial charge in [-0.1, -0.05) is 6.07 Å². The lowest BCUT2D eigenvalue weighted by molar-refractivity contribution is 0.340. The predicted molar refractivity (Wildman–Crippen MR) is 81.5 cm³/mol. The molecule has 112 valence electrons. The maximum Gasteiger partial charge on any atom is 0.150 e. The van der Waals surface area contributed by atoms with Gasteiger partial charge in [-0.2, -0.15) is 0 Å². The molecule has 1 aliphatic rings. The second kappa shape index (κ2) is 6.45. The Bertz CT molecular complexity index is 552. The number of hydrogen-bond acceptors (Lipinski definition) is 5. The van der Waals surface area contributed by atoms with Crippen molar-refractivity contribution in [2.24, 2.45) is 0 Å². The van der Waals surface area contributed by atoms with Crippen molar-refractivity contribution in [3.05, 3.63) is 23.8 Å². The van der Waals surface area contributed by atoms with Crippen LogP contribution in [0.15, 0.2) is 18.2 Å². The van der Waals surface area contributed by atoms with E-state index in [0.717, 1.165) is 37.6 Å². The van der Waals surface area contributed by atoms with Gasteiger partial charge in [0.05, 0.1) is 11.4 Å². The molecule has 1 aliphatic heterocycles. The van der Waals surface area contributed by atoms with E-state index in [2.05, 4.69) is 16.3 Å². The monoisotopic (exact) mass is 298 g/mol. The third kappa shape index (κ3) is 4.38. The summed E-state index contributed by atoms with van der Waals surface area (Å²) in [6.45, 7) is 6.03. The minimum absolute atomic E-state index is 0.0435. The van der Waals surface area contributed by atoms with E-state index < -0.39 is 9.84 Å². The Labute approximate surface area is 120 Å². The van der Waals surface area contributed by atoms with Crippen LogP contribution in [-0.4, -0.2) is 53.2 Å². The zero-order chi connectivity index (χ0) is 14.6. The molecule has 0 bridgehead atoms. The van der Waals surface area contributed by atoms with E-state index in [9.17, 15) is 8.42 Å². The first-order chi connectivity index (χ1) is 9.46. The van der Waals surface area contributed by atoms with Crippen molar-refractivity contribution in [1.82, 2.24) is 5.32 Å². The average molecular weight is 298 g/mol. The van der Waals surface area contributed by atoms with Crippen molar-refractivity contribution in [2.45, 2.75) is 6.92 Å². The number of benzene rings is 1. The molecule has 1 heterocycles. The molecule has 6 heteroatoms. The summed E-state index contributed by atoms with van der Waals surface area (Å²) in [7, 11) is -2.99. The zero-order valence-corrected chi connectivity index (χ0v) is 12.9. The summed E-state index contributed by atoms with van der Waals surface area (Å²) in [6.07, 6.45) is 1.22. The normalized spacial score (nSPS) is 16.2. The van der Waals surface area contributed by atoms with E-state index in [1.165, 1.54) is 11.8 Å². The summed E-state index contributed by atoms with van der Waals surface area (Å²) >= 11 is 0. The SMILES string of the molecule is Cc1ccc(OCCS(C)(=O)=O)c(N2CCNCC2)c1. The van der Waals surface area contributed by atoms with E-state index >= 15 is 0 Å². The van der Waals surface area contributed by atoms with E-state index in [0.29, 0.717) is 0 Å². The molecule has 0 atom stereocenters. The van der Waals surface area contributed by atoms with Crippen molar-refractivity contribution < 1.29 is 13.2 Å². The summed E-state index contributed by atoms with van der Waals surface area (Å²) in [5.74, 6) is 0.808. The molecule has 0 unspecified atom stereocenters. The number of hydrogen-bond donors (Lipinski definition) is 1. The number of nitrogens with zero attached hydrogens (tertiary/aromatic N) is 1. The fourth-order valence-corrected chi connectivity index (χ4v) is 2.59. The van der Waals surface area contributed by atoms with E-state index in [4.69, 9.17) is 4.74 Å². The Hall–Kier alpha value is -1.27. The molecular formula is C14H22N2O3S. The van der Waals surface area contributed by atoms with Gasteiger partial charge in [0, 0.05) is 32.4 Å². The summed E-state index contributed by atoms with van der Waals surface area (Å²) in [5, 5.41) is 3.32. The van der Waals surface area contributed by atoms with Crippen molar-refractivity contribution in [3.8, 4) is 5.75 Å². The van der Waals surface area contributed by atoms with Crippen molar-refractivity contribution in [1.29, 1.82) is 0 Å². The number of ether oxygens (including phenoxy) is 1. The van der Waals surface area contributed by atoms with Crippen LogP contribution in [0.3, 0.4) is 0 Å². The highest BCUT2D eigenvalue weighted by Gasteiger charge is 2.15. The number of sulfone groups is 1. The van der Waals surface area contributed by atoms with Crippen LogP contribution in [0.4, 0.5) is 5.69 Å². The number of rotatable bonds is 5. The van der Waals surface area contributed by atoms with E-state index in [-0.39, 0.29) is 12.4 Å². The van der Waals surface area contributed by atoms with Crippen LogP contribution in [0.2, 0.25) is 0 Å². The molecular weight excluding hydrogens is 276 g/mol. The Morgan fingerprint density at radius 3 is 2.65 bits per heavy atom. The maximum absolute atomic E-state index is 11.2. The first-order valence-electron chi connectivity index (χ1n) is 6.82. The van der Waals surface area contributed by atoms with Gasteiger partial charge in [0.2, 0.25) is 0 Å². The first-order valence-corrected chi connectivity index (χ1v) is 8.88. The predicted octanol–water partition coefficient (Wildman–Crippen LogP) is 0.828. The van der Waals surface area contributed by atoms with Crippen LogP contribution >= 0.6 is 0 Å². The second-order valence-electron chi connectivity index (χ2n) is 5.19. The van der Waals surface area contributed by atoms with Crippen LogP contribution in [0, 0.1) is 6.92 Å². The highest BCUT2D eigenvalue weighted by Crippen LogP contribution is 2.29. The van der Waals surface area contributed by atoms with Crippen molar-refractivity contribution in [2.75, 3.05) is 49.7 Å². The van der Waals surface area contributed by atoms with E-state index in [1.54, 1.807) is 0 Å². The second-order valence-corrected chi connectivity index (χ2v) is 7.45. The molecule has 0 amide bonds. The van der Waals surface area contributed by atoms with Gasteiger partial charge >= 0.3 is 0 Å². The minimum atomic E-state index is -2.99. The van der Waals surface area contributed by atoms with Crippen LogP contribution in [0.1, 0.15) is 5.56 Å². The van der Waals surface area contributed by atoms with Crippen molar-refractivity contribution in [3.63, 3.8) is 0 Å². The lowest BCUT2D eigenvalue weighted by Crippen LogP contribution is -2.43. The smallest absolute Gasteiger partial charge is 0.150 e. The topological polar surface area (TPSA) is 58.6 Å². The summed E-state index contributed by atoms with van der Waals surface area (Å²) in [5.41, 5.74) is 2.23. The maximum atomic E-state index is 11.2. The van der Waals surface area contributed by atoms with Crippen LogP contribution in [0.5, 0.6) is 5.75 Å². The lowest BCUT2D eigenvalue weighted by atomic mass is 10.1. The van der Waals surface area contributed by atoms with Gasteiger partial charge in [0.25, 0.3) is 0 Å². The molecule has 1 aromatic rings. The molecule has 5 nitrogen and oxygen atoms in total. The molecule has 1 aromatic carbocycles. The first kappa shape index (κ1) is 15.1. The highest BCUT2D eigenvalue weighted by atomic mass is 32.2. The van der Waals surface area contributed by atoms with Gasteiger partial charge in [-0.05, 0) is 24.6 Å². The zero-order valence-electron chi connectivity index (χ0n) is 12.1. The molecule has 2 rings (SSSR count). The molecule has 1 N–H and O–H groups in total. The summed E-state index contributed by atoms with van der Waals surface area (Å²) < 4.78 is 28.0. The molecule has 0 spiro atoms. The molecule has 20 heavy (non-hydrogen) atoms. The number of piperazine rings is 1. The fourth-order valence-electron chi connectivity index (χ4n) is 2.21. The third-order valence-electron chi connectivity index (χ3n) is 3.28. The Balaban J connectivity index is 2.10. The van der Waals surface area contributed by atoms with Gasteiger partial charge in [0.15, 0.2) is 9.84 Å². The van der Waals surface area contributed by atoms with Crippen molar-refractivity contribution >= 4 is 15.5 Å². The highest BCUT2D eigenvalue weighted by molar-refractivity contribution is 7.90. The Morgan fingerprint density at radius 1 is 1.30 bits per heavy atom. The van der Waals surface area contributed by atoms with Crippen LogP contribution < -0.4 is 15.0 Å². The van der Waals surface area contributed by atoms with Gasteiger partial charge in [-0.3, -0.25) is 0 Å². The standard InChI is InChI=1S/C14H22N2O3S/c1-12-3-4-14(19-9-10-20(2,17)18)13(11-12)16-7-5-15-6-8-16/h3-4,11,15H,5-10H2,1-2H3. The summed E-state index contributed by atoms with van der Waals surface area (Å²) in [6, 6.07) is 6.01. The largest absolute Gasteiger partial charge is 0.490 e. The van der Waals surface area contributed by atoms with Gasteiger partial charge in [-0.25, -0.2) is 8.42 Å². The third-order valence-corrected chi connectivity index (χ3v) is 4.19. The minimum Gasteiger partial charge on any atom is -0.490 e. The molecule has 0 radical (unpaired) electrons. The number of nitrogens with one attached hydrogen (secondary N) is 1. The molecule has 1 saturated heterocycles. The Kier molecular flexibility index (Phi) is 4.88. The molecule has 0 aliphatic carbocycles. The molecule has 0 aromatic heterocycles. The molecule has 0 saturated carbocycles. The van der Waals surface area contributed by atoms with Crippen LogP contribution in [0.25, 0.3) is 0 Å². The van der Waals surface area contributed by atoms with Crippen LogP contribution in [-0.2, 0) is 9.84 Å². The summed E-state index contributed by atoms with van der Waals surface area (Å²) in [4.78, 5) is 2.28. The Morgan fingerprint density at radius 2 is 2.00 bits per heavy atom. The quantitative estimate of drug-likeness (QED) is 0.872.